The summed E-state index contributed by atoms with van der Waals surface area (Å²) in [4.78, 5) is 0. The van der Waals surface area contributed by atoms with Gasteiger partial charge in [-0.3, -0.25) is 0 Å². The monoisotopic (exact) mass is 197 g/mol. The molecule has 1 atom stereocenters. The third kappa shape index (κ3) is 2.04. The number of rotatable bonds is 3. The van der Waals surface area contributed by atoms with E-state index in [2.05, 4.69) is 0 Å². The molecule has 0 spiro atoms. The molecule has 0 aliphatic carbocycles. The zero-order valence-corrected chi connectivity index (χ0v) is 8.80. The van der Waals surface area contributed by atoms with Gasteiger partial charge in [0, 0.05) is 11.6 Å². The second kappa shape index (κ2) is 4.42. The third-order valence-corrected chi connectivity index (χ3v) is 2.28. The summed E-state index contributed by atoms with van der Waals surface area (Å²) < 4.78 is 18.6. The van der Waals surface area contributed by atoms with Crippen LogP contribution in [0.15, 0.2) is 12.1 Å². The molecule has 1 aromatic rings. The highest BCUT2D eigenvalue weighted by atomic mass is 19.1. The lowest BCUT2D eigenvalue weighted by Crippen LogP contribution is -2.07. The predicted molar refractivity (Wildman–Crippen MR) is 54.9 cm³/mol. The van der Waals surface area contributed by atoms with Crippen molar-refractivity contribution < 1.29 is 9.13 Å². The predicted octanol–water partition coefficient (Wildman–Crippen LogP) is 2.42. The molecule has 0 heterocycles. The average molecular weight is 197 g/mol. The summed E-state index contributed by atoms with van der Waals surface area (Å²) in [6.07, 6.45) is 0.619. The number of nitrogens with two attached hydrogens (primary N) is 1. The van der Waals surface area contributed by atoms with Gasteiger partial charge in [-0.25, -0.2) is 4.39 Å². The van der Waals surface area contributed by atoms with Gasteiger partial charge in [-0.05, 0) is 31.0 Å². The van der Waals surface area contributed by atoms with E-state index in [1.54, 1.807) is 13.2 Å². The molecule has 2 nitrogen and oxygen atoms in total. The second-order valence-corrected chi connectivity index (χ2v) is 3.33. The van der Waals surface area contributed by atoms with Gasteiger partial charge in [-0.2, -0.15) is 0 Å². The molecular weight excluding hydrogens is 181 g/mol. The van der Waals surface area contributed by atoms with Gasteiger partial charge in [0.2, 0.25) is 0 Å². The van der Waals surface area contributed by atoms with Crippen molar-refractivity contribution in [2.24, 2.45) is 5.73 Å². The first kappa shape index (κ1) is 11.0. The maximum atomic E-state index is 13.5. The van der Waals surface area contributed by atoms with Crippen LogP contribution in [0.3, 0.4) is 0 Å². The fraction of sp³-hybridized carbons (Fsp3) is 0.455. The highest BCUT2D eigenvalue weighted by Gasteiger charge is 2.11. The summed E-state index contributed by atoms with van der Waals surface area (Å²) in [5.41, 5.74) is 7.04. The van der Waals surface area contributed by atoms with E-state index in [4.69, 9.17) is 10.5 Å². The molecule has 0 radical (unpaired) electrons. The zero-order chi connectivity index (χ0) is 10.7. The van der Waals surface area contributed by atoms with E-state index >= 15 is 0 Å². The van der Waals surface area contributed by atoms with Crippen molar-refractivity contribution in [2.45, 2.75) is 26.3 Å². The topological polar surface area (TPSA) is 35.2 Å². The summed E-state index contributed by atoms with van der Waals surface area (Å²) >= 11 is 0. The third-order valence-electron chi connectivity index (χ3n) is 2.28. The van der Waals surface area contributed by atoms with Crippen molar-refractivity contribution in [2.75, 3.05) is 7.11 Å². The molecule has 0 aliphatic rings. The molecule has 0 fully saturated rings. The number of methoxy groups -OCH3 is 1. The van der Waals surface area contributed by atoms with Crippen LogP contribution in [0, 0.1) is 5.82 Å². The van der Waals surface area contributed by atoms with Gasteiger partial charge < -0.3 is 10.5 Å². The Morgan fingerprint density at radius 2 is 2.14 bits per heavy atom. The SMILES string of the molecule is CCc1c(F)cc(C(C)N)cc1OC. The Hall–Kier alpha value is -1.09. The molecule has 0 amide bonds. The lowest BCUT2D eigenvalue weighted by atomic mass is 10.0. The number of hydrogen-bond donors (Lipinski definition) is 1. The molecule has 2 N–H and O–H groups in total. The fourth-order valence-corrected chi connectivity index (χ4v) is 1.42. The van der Waals surface area contributed by atoms with E-state index in [1.807, 2.05) is 13.8 Å². The first-order chi connectivity index (χ1) is 6.60. The number of ether oxygens (including phenoxy) is 1. The van der Waals surface area contributed by atoms with Gasteiger partial charge in [0.05, 0.1) is 7.11 Å². The molecule has 78 valence electrons. The number of hydrogen-bond acceptors (Lipinski definition) is 2. The smallest absolute Gasteiger partial charge is 0.130 e. The highest BCUT2D eigenvalue weighted by molar-refractivity contribution is 5.39. The van der Waals surface area contributed by atoms with E-state index in [-0.39, 0.29) is 11.9 Å². The van der Waals surface area contributed by atoms with Gasteiger partial charge in [-0.1, -0.05) is 6.92 Å². The van der Waals surface area contributed by atoms with Crippen molar-refractivity contribution >= 4 is 0 Å². The first-order valence-electron chi connectivity index (χ1n) is 4.72. The van der Waals surface area contributed by atoms with Crippen LogP contribution in [-0.2, 0) is 6.42 Å². The van der Waals surface area contributed by atoms with Gasteiger partial charge in [-0.15, -0.1) is 0 Å². The Morgan fingerprint density at radius 1 is 1.50 bits per heavy atom. The van der Waals surface area contributed by atoms with E-state index in [9.17, 15) is 4.39 Å². The minimum Gasteiger partial charge on any atom is -0.496 e. The van der Waals surface area contributed by atoms with E-state index in [0.29, 0.717) is 17.7 Å². The second-order valence-electron chi connectivity index (χ2n) is 3.33. The standard InChI is InChI=1S/C11H16FNO/c1-4-9-10(12)5-8(7(2)13)6-11(9)14-3/h5-7H,4,13H2,1-3H3. The summed E-state index contributed by atoms with van der Waals surface area (Å²) in [6.45, 7) is 3.71. The summed E-state index contributed by atoms with van der Waals surface area (Å²) in [6, 6.07) is 3.10. The van der Waals surface area contributed by atoms with Crippen LogP contribution in [-0.4, -0.2) is 7.11 Å². The van der Waals surface area contributed by atoms with Gasteiger partial charge in [0.25, 0.3) is 0 Å². The van der Waals surface area contributed by atoms with Gasteiger partial charge in [0.1, 0.15) is 11.6 Å². The molecule has 1 unspecified atom stereocenters. The molecule has 1 aromatic carbocycles. The Bertz CT molecular complexity index is 323. The quantitative estimate of drug-likeness (QED) is 0.807. The summed E-state index contributed by atoms with van der Waals surface area (Å²) in [7, 11) is 1.54. The van der Waals surface area contributed by atoms with Crippen molar-refractivity contribution in [1.82, 2.24) is 0 Å². The van der Waals surface area contributed by atoms with Crippen LogP contribution < -0.4 is 10.5 Å². The normalized spacial score (nSPS) is 12.6. The summed E-state index contributed by atoms with van der Waals surface area (Å²) in [5, 5.41) is 0. The molecule has 0 saturated carbocycles. The molecule has 3 heteroatoms. The van der Waals surface area contributed by atoms with Crippen LogP contribution in [0.4, 0.5) is 4.39 Å². The van der Waals surface area contributed by atoms with E-state index in [0.717, 1.165) is 5.56 Å². The van der Waals surface area contributed by atoms with Gasteiger partial charge >= 0.3 is 0 Å². The van der Waals surface area contributed by atoms with Crippen LogP contribution in [0.25, 0.3) is 0 Å². The number of halogens is 1. The Balaban J connectivity index is 3.24. The van der Waals surface area contributed by atoms with E-state index < -0.39 is 0 Å². The van der Waals surface area contributed by atoms with Crippen molar-refractivity contribution in [1.29, 1.82) is 0 Å². The Kier molecular flexibility index (Phi) is 3.47. The fourth-order valence-electron chi connectivity index (χ4n) is 1.42. The Morgan fingerprint density at radius 3 is 2.57 bits per heavy atom. The number of benzene rings is 1. The molecular formula is C11H16FNO. The minimum absolute atomic E-state index is 0.177. The minimum atomic E-state index is -0.237. The molecule has 0 aliphatic heterocycles. The zero-order valence-electron chi connectivity index (χ0n) is 8.80. The van der Waals surface area contributed by atoms with Crippen LogP contribution in [0.1, 0.15) is 31.0 Å². The van der Waals surface area contributed by atoms with Crippen LogP contribution in [0.2, 0.25) is 0 Å². The maximum absolute atomic E-state index is 13.5. The summed E-state index contributed by atoms with van der Waals surface area (Å²) in [5.74, 6) is 0.346. The molecule has 0 bridgehead atoms. The molecule has 0 aromatic heterocycles. The molecule has 14 heavy (non-hydrogen) atoms. The highest BCUT2D eigenvalue weighted by Crippen LogP contribution is 2.26. The maximum Gasteiger partial charge on any atom is 0.130 e. The first-order valence-corrected chi connectivity index (χ1v) is 4.72. The lowest BCUT2D eigenvalue weighted by Gasteiger charge is -2.12. The van der Waals surface area contributed by atoms with Crippen LogP contribution >= 0.6 is 0 Å². The van der Waals surface area contributed by atoms with Crippen molar-refractivity contribution in [3.05, 3.63) is 29.1 Å². The molecule has 1 rings (SSSR count). The lowest BCUT2D eigenvalue weighted by molar-refractivity contribution is 0.404. The van der Waals surface area contributed by atoms with E-state index in [1.165, 1.54) is 6.07 Å². The largest absolute Gasteiger partial charge is 0.496 e. The van der Waals surface area contributed by atoms with Crippen molar-refractivity contribution in [3.63, 3.8) is 0 Å². The average Bonchev–Trinajstić information content (AvgIpc) is 2.16. The van der Waals surface area contributed by atoms with Gasteiger partial charge in [0.15, 0.2) is 0 Å². The Labute approximate surface area is 83.9 Å². The van der Waals surface area contributed by atoms with Crippen molar-refractivity contribution in [3.8, 4) is 5.75 Å². The van der Waals surface area contributed by atoms with Crippen LogP contribution in [0.5, 0.6) is 5.75 Å². The molecule has 0 saturated heterocycles.